The summed E-state index contributed by atoms with van der Waals surface area (Å²) in [6.45, 7) is 0.536. The van der Waals surface area contributed by atoms with Crippen molar-refractivity contribution >= 4 is 11.8 Å². The number of ether oxygens (including phenoxy) is 3. The van der Waals surface area contributed by atoms with Crippen molar-refractivity contribution in [3.63, 3.8) is 0 Å². The predicted octanol–water partition coefficient (Wildman–Crippen LogP) is 2.72. The monoisotopic (exact) mass is 266 g/mol. The molecule has 0 bridgehead atoms. The van der Waals surface area contributed by atoms with Gasteiger partial charge in [-0.2, -0.15) is 0 Å². The second-order valence-corrected chi connectivity index (χ2v) is 5.19. The van der Waals surface area contributed by atoms with E-state index in [0.717, 1.165) is 0 Å². The lowest BCUT2D eigenvalue weighted by Gasteiger charge is -2.30. The maximum atomic E-state index is 5.96. The summed E-state index contributed by atoms with van der Waals surface area (Å²) in [6, 6.07) is 10.2. The molecule has 0 spiro atoms. The highest BCUT2D eigenvalue weighted by Crippen LogP contribution is 2.29. The van der Waals surface area contributed by atoms with Crippen molar-refractivity contribution in [1.82, 2.24) is 0 Å². The lowest BCUT2D eigenvalue weighted by molar-refractivity contribution is -0.0762. The molecule has 1 heterocycles. The summed E-state index contributed by atoms with van der Waals surface area (Å²) in [6.07, 6.45) is 4.01. The summed E-state index contributed by atoms with van der Waals surface area (Å²) in [5.74, 6) is 0. The van der Waals surface area contributed by atoms with Gasteiger partial charge in [0.15, 0.2) is 0 Å². The number of hydrogen-bond acceptors (Lipinski definition) is 4. The fraction of sp³-hybridized carbons (Fsp3) is 0.429. The second kappa shape index (κ2) is 6.95. The summed E-state index contributed by atoms with van der Waals surface area (Å²) in [4.78, 5) is 1.19. The van der Waals surface area contributed by atoms with E-state index in [1.807, 2.05) is 30.4 Å². The SMILES string of the molecule is COC[C@H]1OC(Sc2ccccc2)C=C[C@@H]1OC. The van der Waals surface area contributed by atoms with Gasteiger partial charge in [0.2, 0.25) is 0 Å². The van der Waals surface area contributed by atoms with Crippen molar-refractivity contribution < 1.29 is 14.2 Å². The van der Waals surface area contributed by atoms with Gasteiger partial charge in [0.1, 0.15) is 17.6 Å². The molecule has 0 fully saturated rings. The quantitative estimate of drug-likeness (QED) is 0.766. The van der Waals surface area contributed by atoms with Gasteiger partial charge in [0, 0.05) is 19.1 Å². The highest BCUT2D eigenvalue weighted by atomic mass is 32.2. The van der Waals surface area contributed by atoms with Crippen LogP contribution in [-0.4, -0.2) is 38.5 Å². The van der Waals surface area contributed by atoms with Crippen LogP contribution in [0.25, 0.3) is 0 Å². The van der Waals surface area contributed by atoms with Crippen molar-refractivity contribution in [2.24, 2.45) is 0 Å². The Balaban J connectivity index is 1.99. The van der Waals surface area contributed by atoms with E-state index < -0.39 is 0 Å². The number of thioether (sulfide) groups is 1. The normalized spacial score (nSPS) is 27.3. The Kier molecular flexibility index (Phi) is 5.26. The Morgan fingerprint density at radius 1 is 1.17 bits per heavy atom. The third-order valence-corrected chi connectivity index (χ3v) is 3.78. The lowest BCUT2D eigenvalue weighted by Crippen LogP contribution is -2.38. The average molecular weight is 266 g/mol. The van der Waals surface area contributed by atoms with Crippen molar-refractivity contribution in [2.75, 3.05) is 20.8 Å². The van der Waals surface area contributed by atoms with Crippen LogP contribution in [0, 0.1) is 0 Å². The van der Waals surface area contributed by atoms with Crippen molar-refractivity contribution in [3.05, 3.63) is 42.5 Å². The van der Waals surface area contributed by atoms with Gasteiger partial charge in [-0.1, -0.05) is 36.0 Å². The third-order valence-electron chi connectivity index (χ3n) is 2.73. The first-order valence-electron chi connectivity index (χ1n) is 5.90. The minimum absolute atomic E-state index is 0.0129. The summed E-state index contributed by atoms with van der Waals surface area (Å²) in [7, 11) is 3.36. The predicted molar refractivity (Wildman–Crippen MR) is 72.8 cm³/mol. The Labute approximate surface area is 112 Å². The molecule has 4 heteroatoms. The van der Waals surface area contributed by atoms with Crippen LogP contribution in [0.15, 0.2) is 47.4 Å². The van der Waals surface area contributed by atoms with Crippen LogP contribution in [0.5, 0.6) is 0 Å². The molecule has 1 aliphatic rings. The van der Waals surface area contributed by atoms with E-state index in [2.05, 4.69) is 12.1 Å². The molecule has 0 saturated heterocycles. The number of hydrogen-bond donors (Lipinski definition) is 0. The minimum Gasteiger partial charge on any atom is -0.382 e. The lowest BCUT2D eigenvalue weighted by atomic mass is 10.1. The maximum absolute atomic E-state index is 5.96. The number of methoxy groups -OCH3 is 2. The van der Waals surface area contributed by atoms with Crippen LogP contribution in [0.3, 0.4) is 0 Å². The molecular weight excluding hydrogens is 248 g/mol. The highest BCUT2D eigenvalue weighted by Gasteiger charge is 2.27. The molecule has 1 unspecified atom stereocenters. The van der Waals surface area contributed by atoms with Crippen molar-refractivity contribution in [3.8, 4) is 0 Å². The van der Waals surface area contributed by atoms with Gasteiger partial charge in [-0.15, -0.1) is 0 Å². The molecule has 1 aromatic rings. The Hall–Kier alpha value is -0.810. The Morgan fingerprint density at radius 2 is 1.94 bits per heavy atom. The molecule has 0 N–H and O–H groups in total. The zero-order valence-corrected chi connectivity index (χ0v) is 11.4. The Bertz CT molecular complexity index is 380. The van der Waals surface area contributed by atoms with Gasteiger partial charge >= 0.3 is 0 Å². The molecule has 0 saturated carbocycles. The first-order valence-corrected chi connectivity index (χ1v) is 6.78. The topological polar surface area (TPSA) is 27.7 Å². The summed E-state index contributed by atoms with van der Waals surface area (Å²) >= 11 is 1.69. The zero-order chi connectivity index (χ0) is 12.8. The van der Waals surface area contributed by atoms with Crippen LogP contribution in [0.2, 0.25) is 0 Å². The number of rotatable bonds is 5. The van der Waals surface area contributed by atoms with Crippen LogP contribution in [0.4, 0.5) is 0 Å². The van der Waals surface area contributed by atoms with E-state index in [0.29, 0.717) is 6.61 Å². The van der Waals surface area contributed by atoms with E-state index in [9.17, 15) is 0 Å². The molecule has 0 aromatic heterocycles. The first kappa shape index (κ1) is 13.6. The molecule has 98 valence electrons. The fourth-order valence-electron chi connectivity index (χ4n) is 1.85. The van der Waals surface area contributed by atoms with Crippen LogP contribution >= 0.6 is 11.8 Å². The van der Waals surface area contributed by atoms with Gasteiger partial charge in [0.25, 0.3) is 0 Å². The van der Waals surface area contributed by atoms with E-state index >= 15 is 0 Å². The van der Waals surface area contributed by atoms with Gasteiger partial charge in [-0.25, -0.2) is 0 Å². The van der Waals surface area contributed by atoms with Crippen molar-refractivity contribution in [1.29, 1.82) is 0 Å². The highest BCUT2D eigenvalue weighted by molar-refractivity contribution is 8.00. The molecule has 3 nitrogen and oxygen atoms in total. The van der Waals surface area contributed by atoms with Gasteiger partial charge in [-0.05, 0) is 18.2 Å². The molecule has 1 aliphatic heterocycles. The first-order chi connectivity index (χ1) is 8.83. The minimum atomic E-state index is -0.0498. The zero-order valence-electron chi connectivity index (χ0n) is 10.6. The largest absolute Gasteiger partial charge is 0.382 e. The smallest absolute Gasteiger partial charge is 0.126 e. The van der Waals surface area contributed by atoms with E-state index in [4.69, 9.17) is 14.2 Å². The molecule has 2 rings (SSSR count). The molecular formula is C14H18O3S. The van der Waals surface area contributed by atoms with Crippen LogP contribution in [-0.2, 0) is 14.2 Å². The summed E-state index contributed by atoms with van der Waals surface area (Å²) in [5, 5.41) is 0. The number of benzene rings is 1. The van der Waals surface area contributed by atoms with Crippen LogP contribution in [0.1, 0.15) is 0 Å². The summed E-state index contributed by atoms with van der Waals surface area (Å²) < 4.78 is 16.5. The maximum Gasteiger partial charge on any atom is 0.126 e. The molecule has 1 aromatic carbocycles. The van der Waals surface area contributed by atoms with E-state index in [1.54, 1.807) is 26.0 Å². The molecule has 18 heavy (non-hydrogen) atoms. The van der Waals surface area contributed by atoms with Gasteiger partial charge in [-0.3, -0.25) is 0 Å². The molecule has 0 aliphatic carbocycles. The van der Waals surface area contributed by atoms with Gasteiger partial charge in [0.05, 0.1) is 6.61 Å². The second-order valence-electron chi connectivity index (χ2n) is 4.01. The molecule has 3 atom stereocenters. The third kappa shape index (κ3) is 3.59. The fourth-order valence-corrected chi connectivity index (χ4v) is 2.80. The molecule has 0 amide bonds. The summed E-state index contributed by atoms with van der Waals surface area (Å²) in [5.41, 5.74) is 0.0129. The van der Waals surface area contributed by atoms with Crippen molar-refractivity contribution in [2.45, 2.75) is 22.5 Å². The van der Waals surface area contributed by atoms with Gasteiger partial charge < -0.3 is 14.2 Å². The molecule has 0 radical (unpaired) electrons. The van der Waals surface area contributed by atoms with E-state index in [1.165, 1.54) is 4.90 Å². The van der Waals surface area contributed by atoms with Crippen LogP contribution < -0.4 is 0 Å². The average Bonchev–Trinajstić information content (AvgIpc) is 2.41. The van der Waals surface area contributed by atoms with E-state index in [-0.39, 0.29) is 17.6 Å². The standard InChI is InChI=1S/C14H18O3S/c1-15-10-13-12(16-2)8-9-14(17-13)18-11-6-4-3-5-7-11/h3-9,12-14H,10H2,1-2H3/t12-,13+,14?/m0/s1. The Morgan fingerprint density at radius 3 is 2.61 bits per heavy atom.